The molecular weight excluding hydrogens is 200 g/mol. The molecular formula is C12H24N4. The second-order valence-corrected chi connectivity index (χ2v) is 4.16. The van der Waals surface area contributed by atoms with Gasteiger partial charge in [0.05, 0.1) is 0 Å². The van der Waals surface area contributed by atoms with Gasteiger partial charge in [-0.25, -0.2) is 4.98 Å². The van der Waals surface area contributed by atoms with Gasteiger partial charge < -0.3 is 15.6 Å². The molecule has 0 fully saturated rings. The summed E-state index contributed by atoms with van der Waals surface area (Å²) in [5.41, 5.74) is 6.15. The first-order valence-corrected chi connectivity index (χ1v) is 6.23. The molecule has 0 radical (unpaired) electrons. The molecule has 1 atom stereocenters. The van der Waals surface area contributed by atoms with Crippen molar-refractivity contribution in [3.05, 3.63) is 12.4 Å². The normalized spacial score (nSPS) is 13.1. The average Bonchev–Trinajstić information content (AvgIpc) is 2.75. The Balaban J connectivity index is 2.45. The number of nitrogens with one attached hydrogen (secondary N) is 1. The van der Waals surface area contributed by atoms with Gasteiger partial charge in [0, 0.05) is 31.5 Å². The maximum atomic E-state index is 6.15. The molecule has 92 valence electrons. The SMILES string of the molecule is CCC(CC)C(N)CNc1nccn1CC. The van der Waals surface area contributed by atoms with Crippen LogP contribution in [0.2, 0.25) is 0 Å². The molecule has 0 saturated carbocycles. The fourth-order valence-electron chi connectivity index (χ4n) is 2.00. The van der Waals surface area contributed by atoms with Gasteiger partial charge in [-0.05, 0) is 12.8 Å². The highest BCUT2D eigenvalue weighted by Crippen LogP contribution is 2.12. The van der Waals surface area contributed by atoms with Crippen LogP contribution in [0, 0.1) is 5.92 Å². The van der Waals surface area contributed by atoms with E-state index in [0.717, 1.165) is 31.9 Å². The highest BCUT2D eigenvalue weighted by Gasteiger charge is 2.14. The Hall–Kier alpha value is -1.03. The zero-order valence-corrected chi connectivity index (χ0v) is 10.6. The fourth-order valence-corrected chi connectivity index (χ4v) is 2.00. The largest absolute Gasteiger partial charge is 0.354 e. The lowest BCUT2D eigenvalue weighted by atomic mass is 9.95. The van der Waals surface area contributed by atoms with Crippen molar-refractivity contribution in [2.45, 2.75) is 46.2 Å². The minimum Gasteiger partial charge on any atom is -0.354 e. The molecule has 0 saturated heterocycles. The van der Waals surface area contributed by atoms with E-state index in [1.165, 1.54) is 0 Å². The number of hydrogen-bond donors (Lipinski definition) is 2. The van der Waals surface area contributed by atoms with E-state index in [-0.39, 0.29) is 6.04 Å². The predicted molar refractivity (Wildman–Crippen MR) is 68.4 cm³/mol. The maximum Gasteiger partial charge on any atom is 0.202 e. The minimum absolute atomic E-state index is 0.206. The summed E-state index contributed by atoms with van der Waals surface area (Å²) >= 11 is 0. The van der Waals surface area contributed by atoms with Gasteiger partial charge in [-0.2, -0.15) is 0 Å². The van der Waals surface area contributed by atoms with Crippen LogP contribution in [-0.4, -0.2) is 22.1 Å². The van der Waals surface area contributed by atoms with Gasteiger partial charge in [-0.15, -0.1) is 0 Å². The summed E-state index contributed by atoms with van der Waals surface area (Å²) in [6.45, 7) is 8.22. The molecule has 0 aliphatic heterocycles. The molecule has 0 aliphatic rings. The van der Waals surface area contributed by atoms with Crippen LogP contribution in [0.5, 0.6) is 0 Å². The first kappa shape index (κ1) is 13.0. The number of imidazole rings is 1. The third-order valence-corrected chi connectivity index (χ3v) is 3.21. The van der Waals surface area contributed by atoms with Gasteiger partial charge in [0.15, 0.2) is 0 Å². The van der Waals surface area contributed by atoms with Crippen molar-refractivity contribution >= 4 is 5.95 Å². The van der Waals surface area contributed by atoms with Crippen LogP contribution in [0.1, 0.15) is 33.6 Å². The Kier molecular flexibility index (Phi) is 5.32. The van der Waals surface area contributed by atoms with Crippen LogP contribution in [-0.2, 0) is 6.54 Å². The Morgan fingerprint density at radius 1 is 1.38 bits per heavy atom. The molecule has 1 aromatic heterocycles. The van der Waals surface area contributed by atoms with Crippen LogP contribution in [0.25, 0.3) is 0 Å². The summed E-state index contributed by atoms with van der Waals surface area (Å²) in [7, 11) is 0. The lowest BCUT2D eigenvalue weighted by molar-refractivity contribution is 0.406. The standard InChI is InChI=1S/C12H24N4/c1-4-10(5-2)11(13)9-15-12-14-7-8-16(12)6-3/h7-8,10-11H,4-6,9,13H2,1-3H3,(H,14,15). The highest BCUT2D eigenvalue weighted by molar-refractivity contribution is 5.26. The lowest BCUT2D eigenvalue weighted by Crippen LogP contribution is -2.36. The number of nitrogens with zero attached hydrogens (tertiary/aromatic N) is 2. The Labute approximate surface area is 98.2 Å². The summed E-state index contributed by atoms with van der Waals surface area (Å²) in [4.78, 5) is 4.27. The number of anilines is 1. The molecule has 16 heavy (non-hydrogen) atoms. The third kappa shape index (κ3) is 3.23. The van der Waals surface area contributed by atoms with Crippen LogP contribution < -0.4 is 11.1 Å². The molecule has 1 aromatic rings. The van der Waals surface area contributed by atoms with Crippen LogP contribution in [0.4, 0.5) is 5.95 Å². The average molecular weight is 224 g/mol. The molecule has 0 aromatic carbocycles. The van der Waals surface area contributed by atoms with Crippen molar-refractivity contribution in [2.24, 2.45) is 11.7 Å². The smallest absolute Gasteiger partial charge is 0.202 e. The number of rotatable bonds is 7. The Bertz CT molecular complexity index is 291. The molecule has 0 amide bonds. The molecule has 0 spiro atoms. The van der Waals surface area contributed by atoms with Crippen molar-refractivity contribution in [3.8, 4) is 0 Å². The molecule has 4 heteroatoms. The topological polar surface area (TPSA) is 55.9 Å². The van der Waals surface area contributed by atoms with E-state index >= 15 is 0 Å². The molecule has 3 N–H and O–H groups in total. The van der Waals surface area contributed by atoms with E-state index in [4.69, 9.17) is 5.73 Å². The number of aromatic nitrogens is 2. The Morgan fingerprint density at radius 2 is 2.06 bits per heavy atom. The second-order valence-electron chi connectivity index (χ2n) is 4.16. The number of hydrogen-bond acceptors (Lipinski definition) is 3. The van der Waals surface area contributed by atoms with Crippen molar-refractivity contribution in [2.75, 3.05) is 11.9 Å². The van der Waals surface area contributed by atoms with Gasteiger partial charge in [-0.1, -0.05) is 26.7 Å². The molecule has 4 nitrogen and oxygen atoms in total. The summed E-state index contributed by atoms with van der Waals surface area (Å²) in [6.07, 6.45) is 6.07. The van der Waals surface area contributed by atoms with Crippen molar-refractivity contribution in [1.29, 1.82) is 0 Å². The zero-order chi connectivity index (χ0) is 12.0. The third-order valence-electron chi connectivity index (χ3n) is 3.21. The van der Waals surface area contributed by atoms with Gasteiger partial charge in [0.1, 0.15) is 0 Å². The zero-order valence-electron chi connectivity index (χ0n) is 10.6. The summed E-state index contributed by atoms with van der Waals surface area (Å²) < 4.78 is 2.08. The fraction of sp³-hybridized carbons (Fsp3) is 0.750. The first-order valence-electron chi connectivity index (χ1n) is 6.23. The molecule has 0 aliphatic carbocycles. The predicted octanol–water partition coefficient (Wildman–Crippen LogP) is 2.08. The Morgan fingerprint density at radius 3 is 2.62 bits per heavy atom. The van der Waals surface area contributed by atoms with Gasteiger partial charge in [0.2, 0.25) is 5.95 Å². The van der Waals surface area contributed by atoms with Crippen molar-refractivity contribution in [3.63, 3.8) is 0 Å². The molecule has 1 heterocycles. The van der Waals surface area contributed by atoms with E-state index in [1.807, 2.05) is 12.4 Å². The first-order chi connectivity index (χ1) is 7.72. The number of nitrogens with two attached hydrogens (primary N) is 1. The molecule has 1 rings (SSSR count). The molecule has 0 bridgehead atoms. The lowest BCUT2D eigenvalue weighted by Gasteiger charge is -2.21. The van der Waals surface area contributed by atoms with Crippen LogP contribution in [0.15, 0.2) is 12.4 Å². The van der Waals surface area contributed by atoms with E-state index in [2.05, 4.69) is 35.6 Å². The van der Waals surface area contributed by atoms with E-state index in [9.17, 15) is 0 Å². The number of aryl methyl sites for hydroxylation is 1. The summed E-state index contributed by atoms with van der Waals surface area (Å²) in [6, 6.07) is 0.206. The van der Waals surface area contributed by atoms with Gasteiger partial charge >= 0.3 is 0 Å². The minimum atomic E-state index is 0.206. The quantitative estimate of drug-likeness (QED) is 0.745. The summed E-state index contributed by atoms with van der Waals surface area (Å²) in [5.74, 6) is 1.52. The maximum absolute atomic E-state index is 6.15. The second kappa shape index (κ2) is 6.53. The van der Waals surface area contributed by atoms with E-state index < -0.39 is 0 Å². The van der Waals surface area contributed by atoms with Gasteiger partial charge in [0.25, 0.3) is 0 Å². The van der Waals surface area contributed by atoms with E-state index in [1.54, 1.807) is 0 Å². The van der Waals surface area contributed by atoms with Crippen LogP contribution >= 0.6 is 0 Å². The van der Waals surface area contributed by atoms with Gasteiger partial charge in [-0.3, -0.25) is 0 Å². The summed E-state index contributed by atoms with van der Waals surface area (Å²) in [5, 5.41) is 3.32. The molecule has 1 unspecified atom stereocenters. The van der Waals surface area contributed by atoms with Crippen LogP contribution in [0.3, 0.4) is 0 Å². The van der Waals surface area contributed by atoms with Crippen molar-refractivity contribution < 1.29 is 0 Å². The van der Waals surface area contributed by atoms with E-state index in [0.29, 0.717) is 5.92 Å². The monoisotopic (exact) mass is 224 g/mol. The highest BCUT2D eigenvalue weighted by atomic mass is 15.2. The van der Waals surface area contributed by atoms with Crippen molar-refractivity contribution in [1.82, 2.24) is 9.55 Å².